The number of carboxylic acids is 1. The molecule has 0 spiro atoms. The van der Waals surface area contributed by atoms with Crippen LogP contribution in [0.3, 0.4) is 0 Å². The first-order chi connectivity index (χ1) is 9.42. The van der Waals surface area contributed by atoms with Crippen LogP contribution in [0.2, 0.25) is 0 Å². The van der Waals surface area contributed by atoms with E-state index in [-0.39, 0.29) is 21.0 Å². The minimum Gasteiger partial charge on any atom is -0.477 e. The van der Waals surface area contributed by atoms with Gasteiger partial charge in [0, 0.05) is 6.54 Å². The maximum atomic E-state index is 12.1. The van der Waals surface area contributed by atoms with Crippen molar-refractivity contribution in [2.75, 3.05) is 6.54 Å². The Morgan fingerprint density at radius 3 is 2.43 bits per heavy atom. The van der Waals surface area contributed by atoms with Gasteiger partial charge in [-0.05, 0) is 30.4 Å². The van der Waals surface area contributed by atoms with Crippen LogP contribution < -0.4 is 4.72 Å². The summed E-state index contributed by atoms with van der Waals surface area (Å²) in [5.74, 6) is -1.15. The number of hydrogen-bond acceptors (Lipinski definition) is 5. The monoisotopic (exact) mass is 335 g/mol. The number of thiophene rings is 1. The molecule has 0 aliphatic rings. The number of aromatic carboxylic acids is 1. The maximum absolute atomic E-state index is 12.1. The molecule has 0 amide bonds. The van der Waals surface area contributed by atoms with Crippen molar-refractivity contribution in [1.82, 2.24) is 4.72 Å². The van der Waals surface area contributed by atoms with Gasteiger partial charge in [-0.1, -0.05) is 20.8 Å². The number of carbonyl (C=O) groups is 1. The molecule has 0 bridgehead atoms. The van der Waals surface area contributed by atoms with Gasteiger partial charge in [-0.2, -0.15) is 0 Å². The third-order valence-corrected chi connectivity index (χ3v) is 5.83. The van der Waals surface area contributed by atoms with Gasteiger partial charge in [-0.3, -0.25) is 0 Å². The molecule has 0 aliphatic carbocycles. The molecular weight excluding hydrogens is 314 g/mol. The standard InChI is InChI=1S/C13H21NO5S2/c1-8-5-10(20-11(8)12(16)17)21(18,19)14-7-9(15)6-13(2,3)4/h5,9,14-15H,6-7H2,1-4H3,(H,16,17). The first-order valence-electron chi connectivity index (χ1n) is 6.44. The molecule has 0 radical (unpaired) electrons. The Bertz CT molecular complexity index is 613. The van der Waals surface area contributed by atoms with Crippen molar-refractivity contribution in [2.24, 2.45) is 5.41 Å². The molecule has 1 aromatic rings. The summed E-state index contributed by atoms with van der Waals surface area (Å²) in [6.45, 7) is 7.30. The predicted octanol–water partition coefficient (Wildman–Crippen LogP) is 1.83. The highest BCUT2D eigenvalue weighted by Crippen LogP contribution is 2.26. The van der Waals surface area contributed by atoms with E-state index in [2.05, 4.69) is 4.72 Å². The van der Waals surface area contributed by atoms with Crippen LogP contribution in [0.4, 0.5) is 0 Å². The molecule has 0 aliphatic heterocycles. The number of carboxylic acid groups (broad SMARTS) is 1. The van der Waals surface area contributed by atoms with E-state index in [1.54, 1.807) is 6.92 Å². The minimum absolute atomic E-state index is 0.00520. The second-order valence-corrected chi connectivity index (χ2v) is 9.20. The van der Waals surface area contributed by atoms with E-state index < -0.39 is 22.1 Å². The van der Waals surface area contributed by atoms with E-state index in [1.807, 2.05) is 20.8 Å². The number of rotatable bonds is 6. The summed E-state index contributed by atoms with van der Waals surface area (Å²) in [7, 11) is -3.80. The molecule has 0 fully saturated rings. The molecule has 21 heavy (non-hydrogen) atoms. The van der Waals surface area contributed by atoms with Crippen molar-refractivity contribution < 1.29 is 23.4 Å². The smallest absolute Gasteiger partial charge is 0.346 e. The van der Waals surface area contributed by atoms with E-state index in [0.717, 1.165) is 0 Å². The summed E-state index contributed by atoms with van der Waals surface area (Å²) in [5, 5.41) is 18.8. The topological polar surface area (TPSA) is 104 Å². The highest BCUT2D eigenvalue weighted by Gasteiger charge is 2.23. The number of aliphatic hydroxyl groups is 1. The minimum atomic E-state index is -3.80. The van der Waals surface area contributed by atoms with Crippen molar-refractivity contribution in [1.29, 1.82) is 0 Å². The Morgan fingerprint density at radius 2 is 2.00 bits per heavy atom. The second-order valence-electron chi connectivity index (χ2n) is 6.15. The van der Waals surface area contributed by atoms with E-state index >= 15 is 0 Å². The molecule has 1 unspecified atom stereocenters. The Hall–Kier alpha value is -0.960. The lowest BCUT2D eigenvalue weighted by molar-refractivity contribution is 0.0701. The quantitative estimate of drug-likeness (QED) is 0.736. The van der Waals surface area contributed by atoms with Gasteiger partial charge in [0.15, 0.2) is 0 Å². The Morgan fingerprint density at radius 1 is 1.43 bits per heavy atom. The number of hydrogen-bond donors (Lipinski definition) is 3. The average Bonchev–Trinajstić information content (AvgIpc) is 2.67. The largest absolute Gasteiger partial charge is 0.477 e. The Labute approximate surface area is 128 Å². The molecule has 1 rings (SSSR count). The zero-order chi connectivity index (χ0) is 16.4. The number of aryl methyl sites for hydroxylation is 1. The van der Waals surface area contributed by atoms with Crippen molar-refractivity contribution in [3.05, 3.63) is 16.5 Å². The highest BCUT2D eigenvalue weighted by atomic mass is 32.2. The van der Waals surface area contributed by atoms with E-state index in [4.69, 9.17) is 5.11 Å². The zero-order valence-corrected chi connectivity index (χ0v) is 14.1. The lowest BCUT2D eigenvalue weighted by atomic mass is 9.89. The third kappa shape index (κ3) is 5.39. The van der Waals surface area contributed by atoms with Crippen LogP contribution in [0.1, 0.15) is 42.4 Å². The maximum Gasteiger partial charge on any atom is 0.346 e. The van der Waals surface area contributed by atoms with E-state index in [9.17, 15) is 18.3 Å². The molecule has 0 saturated carbocycles. The molecule has 0 saturated heterocycles. The first kappa shape index (κ1) is 18.1. The van der Waals surface area contributed by atoms with Crippen molar-refractivity contribution in [3.8, 4) is 0 Å². The fourth-order valence-electron chi connectivity index (χ4n) is 1.85. The molecule has 120 valence electrons. The summed E-state index contributed by atoms with van der Waals surface area (Å²) < 4.78 is 26.4. The molecule has 1 aromatic heterocycles. The molecule has 0 aromatic carbocycles. The summed E-state index contributed by atoms with van der Waals surface area (Å²) in [6.07, 6.45) is -0.334. The van der Waals surface area contributed by atoms with Gasteiger partial charge in [0.25, 0.3) is 0 Å². The molecule has 3 N–H and O–H groups in total. The van der Waals surface area contributed by atoms with Gasteiger partial charge in [-0.15, -0.1) is 11.3 Å². The fourth-order valence-corrected chi connectivity index (χ4v) is 4.35. The Balaban J connectivity index is 2.79. The van der Waals surface area contributed by atoms with Gasteiger partial charge < -0.3 is 10.2 Å². The molecular formula is C13H21NO5S2. The molecule has 6 nitrogen and oxygen atoms in total. The second kappa shape index (κ2) is 6.43. The lowest BCUT2D eigenvalue weighted by Gasteiger charge is -2.22. The van der Waals surface area contributed by atoms with E-state index in [1.165, 1.54) is 6.07 Å². The number of nitrogens with one attached hydrogen (secondary N) is 1. The van der Waals surface area contributed by atoms with Crippen LogP contribution >= 0.6 is 11.3 Å². The summed E-state index contributed by atoms with van der Waals surface area (Å²) in [4.78, 5) is 10.9. The normalized spacial score (nSPS) is 14.1. The predicted molar refractivity (Wildman–Crippen MR) is 81.3 cm³/mol. The van der Waals surface area contributed by atoms with Crippen molar-refractivity contribution >= 4 is 27.3 Å². The summed E-state index contributed by atoms with van der Waals surface area (Å²) in [5.41, 5.74) is 0.295. The van der Waals surface area contributed by atoms with E-state index in [0.29, 0.717) is 23.3 Å². The SMILES string of the molecule is Cc1cc(S(=O)(=O)NCC(O)CC(C)(C)C)sc1C(=O)O. The van der Waals surface area contributed by atoms with Crippen LogP contribution in [0.5, 0.6) is 0 Å². The molecule has 1 heterocycles. The fraction of sp³-hybridized carbons (Fsp3) is 0.615. The molecule has 8 heteroatoms. The summed E-state index contributed by atoms with van der Waals surface area (Å²) >= 11 is 0.708. The summed E-state index contributed by atoms with van der Waals surface area (Å²) in [6, 6.07) is 1.33. The van der Waals surface area contributed by atoms with Crippen LogP contribution in [-0.2, 0) is 10.0 Å². The van der Waals surface area contributed by atoms with Crippen molar-refractivity contribution in [3.63, 3.8) is 0 Å². The molecule has 1 atom stereocenters. The first-order valence-corrected chi connectivity index (χ1v) is 8.74. The van der Waals surface area contributed by atoms with Gasteiger partial charge in [0.2, 0.25) is 10.0 Å². The average molecular weight is 335 g/mol. The van der Waals surface area contributed by atoms with Crippen LogP contribution in [0.25, 0.3) is 0 Å². The number of aliphatic hydroxyl groups excluding tert-OH is 1. The third-order valence-electron chi connectivity index (χ3n) is 2.71. The van der Waals surface area contributed by atoms with Crippen molar-refractivity contribution in [2.45, 2.75) is 44.4 Å². The van der Waals surface area contributed by atoms with Crippen LogP contribution in [0, 0.1) is 12.3 Å². The highest BCUT2D eigenvalue weighted by molar-refractivity contribution is 7.91. The number of sulfonamides is 1. The zero-order valence-electron chi connectivity index (χ0n) is 12.5. The van der Waals surface area contributed by atoms with Gasteiger partial charge in [0.05, 0.1) is 6.10 Å². The Kier molecular flexibility index (Phi) is 5.54. The van der Waals surface area contributed by atoms with Gasteiger partial charge >= 0.3 is 5.97 Å². The van der Waals surface area contributed by atoms with Gasteiger partial charge in [-0.25, -0.2) is 17.9 Å². The lowest BCUT2D eigenvalue weighted by Crippen LogP contribution is -2.33. The van der Waals surface area contributed by atoms with Crippen LogP contribution in [-0.4, -0.2) is 37.2 Å². The van der Waals surface area contributed by atoms with Crippen LogP contribution in [0.15, 0.2) is 10.3 Å². The van der Waals surface area contributed by atoms with Gasteiger partial charge in [0.1, 0.15) is 9.09 Å².